The monoisotopic (exact) mass is 183 g/mol. The zero-order chi connectivity index (χ0) is 10.0. The number of aryl methyl sites for hydroxylation is 1. The van der Waals surface area contributed by atoms with E-state index in [0.29, 0.717) is 11.1 Å². The molecule has 1 rings (SSSR count). The van der Waals surface area contributed by atoms with Crippen molar-refractivity contribution in [2.24, 2.45) is 5.73 Å². The number of hydrogen-bond acceptors (Lipinski definition) is 2. The lowest BCUT2D eigenvalue weighted by Gasteiger charge is -2.15. The molecule has 1 aromatic carbocycles. The van der Waals surface area contributed by atoms with Gasteiger partial charge in [0.25, 0.3) is 0 Å². The van der Waals surface area contributed by atoms with Crippen LogP contribution in [-0.4, -0.2) is 11.7 Å². The zero-order valence-electron chi connectivity index (χ0n) is 7.84. The molecule has 0 aliphatic carbocycles. The van der Waals surface area contributed by atoms with Gasteiger partial charge in [0.05, 0.1) is 12.6 Å². The van der Waals surface area contributed by atoms with Crippen LogP contribution in [0.2, 0.25) is 0 Å². The third kappa shape index (κ3) is 1.87. The van der Waals surface area contributed by atoms with E-state index < -0.39 is 6.04 Å². The van der Waals surface area contributed by atoms with Crippen LogP contribution in [0.5, 0.6) is 0 Å². The molecule has 3 heteroatoms. The Hall–Kier alpha value is -0.930. The Bertz CT molecular complexity index is 312. The van der Waals surface area contributed by atoms with Crippen LogP contribution in [0.4, 0.5) is 4.39 Å². The van der Waals surface area contributed by atoms with Crippen LogP contribution in [0, 0.1) is 19.7 Å². The average molecular weight is 183 g/mol. The van der Waals surface area contributed by atoms with Crippen molar-refractivity contribution >= 4 is 0 Å². The Balaban J connectivity index is 3.25. The normalized spacial score (nSPS) is 13.0. The van der Waals surface area contributed by atoms with E-state index in [4.69, 9.17) is 10.8 Å². The molecule has 1 unspecified atom stereocenters. The SMILES string of the molecule is Cc1ccc(F)c(C)c1C(N)CO. The van der Waals surface area contributed by atoms with E-state index in [0.717, 1.165) is 5.56 Å². The van der Waals surface area contributed by atoms with Crippen molar-refractivity contribution < 1.29 is 9.50 Å². The van der Waals surface area contributed by atoms with Gasteiger partial charge in [0.1, 0.15) is 5.82 Å². The van der Waals surface area contributed by atoms with E-state index in [1.165, 1.54) is 6.07 Å². The van der Waals surface area contributed by atoms with Crippen LogP contribution in [0.1, 0.15) is 22.7 Å². The molecule has 1 aromatic rings. The second kappa shape index (κ2) is 3.85. The van der Waals surface area contributed by atoms with E-state index in [1.54, 1.807) is 13.0 Å². The van der Waals surface area contributed by atoms with Crippen LogP contribution in [0.15, 0.2) is 12.1 Å². The Morgan fingerprint density at radius 3 is 2.62 bits per heavy atom. The van der Waals surface area contributed by atoms with Gasteiger partial charge in [0, 0.05) is 0 Å². The lowest BCUT2D eigenvalue weighted by Crippen LogP contribution is -2.17. The molecule has 0 aliphatic rings. The minimum Gasteiger partial charge on any atom is -0.394 e. The van der Waals surface area contributed by atoms with Gasteiger partial charge in [-0.05, 0) is 36.6 Å². The highest BCUT2D eigenvalue weighted by Crippen LogP contribution is 2.22. The molecule has 0 saturated heterocycles. The lowest BCUT2D eigenvalue weighted by atomic mass is 9.97. The first-order valence-electron chi connectivity index (χ1n) is 4.20. The summed E-state index contributed by atoms with van der Waals surface area (Å²) in [7, 11) is 0. The van der Waals surface area contributed by atoms with E-state index in [2.05, 4.69) is 0 Å². The summed E-state index contributed by atoms with van der Waals surface area (Å²) in [4.78, 5) is 0. The maximum absolute atomic E-state index is 13.1. The number of rotatable bonds is 2. The number of benzene rings is 1. The highest BCUT2D eigenvalue weighted by molar-refractivity contribution is 5.37. The number of hydrogen-bond donors (Lipinski definition) is 2. The molecule has 13 heavy (non-hydrogen) atoms. The first kappa shape index (κ1) is 10.2. The molecule has 0 aromatic heterocycles. The molecule has 0 heterocycles. The summed E-state index contributed by atoms with van der Waals surface area (Å²) in [5.41, 5.74) is 7.81. The van der Waals surface area contributed by atoms with Crippen LogP contribution in [0.3, 0.4) is 0 Å². The summed E-state index contributed by atoms with van der Waals surface area (Å²) in [6, 6.07) is 2.60. The Morgan fingerprint density at radius 2 is 2.08 bits per heavy atom. The fourth-order valence-electron chi connectivity index (χ4n) is 1.50. The van der Waals surface area contributed by atoms with Crippen molar-refractivity contribution in [1.29, 1.82) is 0 Å². The first-order chi connectivity index (χ1) is 6.07. The smallest absolute Gasteiger partial charge is 0.126 e. The second-order valence-corrected chi connectivity index (χ2v) is 3.19. The summed E-state index contributed by atoms with van der Waals surface area (Å²) in [6.45, 7) is 3.37. The second-order valence-electron chi connectivity index (χ2n) is 3.19. The largest absolute Gasteiger partial charge is 0.394 e. The molecule has 72 valence electrons. The molecule has 0 bridgehead atoms. The van der Waals surface area contributed by atoms with Crippen molar-refractivity contribution in [3.63, 3.8) is 0 Å². The number of aliphatic hydroxyl groups excluding tert-OH is 1. The quantitative estimate of drug-likeness (QED) is 0.728. The van der Waals surface area contributed by atoms with Crippen molar-refractivity contribution in [3.8, 4) is 0 Å². The molecule has 0 amide bonds. The van der Waals surface area contributed by atoms with Crippen LogP contribution >= 0.6 is 0 Å². The molecule has 0 spiro atoms. The molecular weight excluding hydrogens is 169 g/mol. The van der Waals surface area contributed by atoms with Crippen LogP contribution in [-0.2, 0) is 0 Å². The van der Waals surface area contributed by atoms with Gasteiger partial charge in [-0.2, -0.15) is 0 Å². The predicted octanol–water partition coefficient (Wildman–Crippen LogP) is 1.43. The summed E-state index contributed by atoms with van der Waals surface area (Å²) in [5, 5.41) is 8.88. The van der Waals surface area contributed by atoms with E-state index in [-0.39, 0.29) is 12.4 Å². The molecule has 0 fully saturated rings. The van der Waals surface area contributed by atoms with Gasteiger partial charge < -0.3 is 10.8 Å². The fourth-order valence-corrected chi connectivity index (χ4v) is 1.50. The zero-order valence-corrected chi connectivity index (χ0v) is 7.84. The summed E-state index contributed by atoms with van der Waals surface area (Å²) >= 11 is 0. The number of aliphatic hydroxyl groups is 1. The average Bonchev–Trinajstić information content (AvgIpc) is 2.12. The molecule has 2 nitrogen and oxygen atoms in total. The van der Waals surface area contributed by atoms with Gasteiger partial charge in [-0.25, -0.2) is 4.39 Å². The summed E-state index contributed by atoms with van der Waals surface area (Å²) in [5.74, 6) is -0.274. The number of nitrogens with two attached hydrogens (primary N) is 1. The summed E-state index contributed by atoms with van der Waals surface area (Å²) in [6.07, 6.45) is 0. The summed E-state index contributed by atoms with van der Waals surface area (Å²) < 4.78 is 13.1. The van der Waals surface area contributed by atoms with Crippen molar-refractivity contribution in [1.82, 2.24) is 0 Å². The van der Waals surface area contributed by atoms with Gasteiger partial charge in [-0.3, -0.25) is 0 Å². The maximum Gasteiger partial charge on any atom is 0.126 e. The first-order valence-corrected chi connectivity index (χ1v) is 4.20. The molecule has 0 radical (unpaired) electrons. The van der Waals surface area contributed by atoms with E-state index in [9.17, 15) is 4.39 Å². The minimum absolute atomic E-state index is 0.162. The molecule has 0 saturated carbocycles. The van der Waals surface area contributed by atoms with Gasteiger partial charge in [-0.15, -0.1) is 0 Å². The van der Waals surface area contributed by atoms with Gasteiger partial charge in [0.2, 0.25) is 0 Å². The number of halogens is 1. The fraction of sp³-hybridized carbons (Fsp3) is 0.400. The van der Waals surface area contributed by atoms with Crippen LogP contribution < -0.4 is 5.73 Å². The van der Waals surface area contributed by atoms with Gasteiger partial charge >= 0.3 is 0 Å². The van der Waals surface area contributed by atoms with Gasteiger partial charge in [-0.1, -0.05) is 6.07 Å². The highest BCUT2D eigenvalue weighted by Gasteiger charge is 2.13. The Morgan fingerprint density at radius 1 is 1.46 bits per heavy atom. The topological polar surface area (TPSA) is 46.2 Å². The van der Waals surface area contributed by atoms with Crippen molar-refractivity contribution in [2.45, 2.75) is 19.9 Å². The predicted molar refractivity (Wildman–Crippen MR) is 49.9 cm³/mol. The maximum atomic E-state index is 13.1. The van der Waals surface area contributed by atoms with E-state index in [1.807, 2.05) is 6.92 Å². The van der Waals surface area contributed by atoms with Crippen LogP contribution in [0.25, 0.3) is 0 Å². The van der Waals surface area contributed by atoms with Crippen molar-refractivity contribution in [2.75, 3.05) is 6.61 Å². The van der Waals surface area contributed by atoms with Crippen molar-refractivity contribution in [3.05, 3.63) is 34.6 Å². The molecule has 1 atom stereocenters. The Labute approximate surface area is 77.2 Å². The lowest BCUT2D eigenvalue weighted by molar-refractivity contribution is 0.267. The third-order valence-corrected chi connectivity index (χ3v) is 2.23. The standard InChI is InChI=1S/C10H14FNO/c1-6-3-4-8(11)7(2)10(6)9(12)5-13/h3-4,9,13H,5,12H2,1-2H3. The third-order valence-electron chi connectivity index (χ3n) is 2.23. The van der Waals surface area contributed by atoms with Gasteiger partial charge in [0.15, 0.2) is 0 Å². The molecule has 3 N–H and O–H groups in total. The minimum atomic E-state index is -0.490. The Kier molecular flexibility index (Phi) is 3.01. The highest BCUT2D eigenvalue weighted by atomic mass is 19.1. The van der Waals surface area contributed by atoms with E-state index >= 15 is 0 Å². The molecular formula is C10H14FNO. The molecule has 0 aliphatic heterocycles.